The second-order valence-corrected chi connectivity index (χ2v) is 3.56. The summed E-state index contributed by atoms with van der Waals surface area (Å²) >= 11 is 0. The number of primary amides is 1. The molecular weight excluding hydrogens is 218 g/mol. The van der Waals surface area contributed by atoms with Gasteiger partial charge in [-0.25, -0.2) is 0 Å². The van der Waals surface area contributed by atoms with Crippen LogP contribution in [0.1, 0.15) is 16.1 Å². The molecule has 17 heavy (non-hydrogen) atoms. The quantitative estimate of drug-likeness (QED) is 0.696. The van der Waals surface area contributed by atoms with Gasteiger partial charge in [0.15, 0.2) is 0 Å². The van der Waals surface area contributed by atoms with Crippen molar-refractivity contribution in [2.45, 2.75) is 6.54 Å². The Bertz CT molecular complexity index is 521. The zero-order valence-electron chi connectivity index (χ0n) is 9.14. The van der Waals surface area contributed by atoms with E-state index in [4.69, 9.17) is 15.9 Å². The Morgan fingerprint density at radius 2 is 2.12 bits per heavy atom. The van der Waals surface area contributed by atoms with E-state index in [1.807, 2.05) is 6.07 Å². The molecule has 1 amide bonds. The summed E-state index contributed by atoms with van der Waals surface area (Å²) in [6.45, 7) is 0.499. The van der Waals surface area contributed by atoms with Gasteiger partial charge in [0.1, 0.15) is 5.76 Å². The molecule has 5 nitrogen and oxygen atoms in total. The maximum atomic E-state index is 11.1. The van der Waals surface area contributed by atoms with Crippen LogP contribution in [0, 0.1) is 0 Å². The number of nitrogens with one attached hydrogen (secondary N) is 1. The Labute approximate surface area is 98.4 Å². The summed E-state index contributed by atoms with van der Waals surface area (Å²) < 4.78 is 5.18. The molecule has 5 heteroatoms. The topological polar surface area (TPSA) is 94.3 Å². The van der Waals surface area contributed by atoms with Gasteiger partial charge in [0.05, 0.1) is 29.7 Å². The highest BCUT2D eigenvalue weighted by atomic mass is 16.3. The van der Waals surface area contributed by atoms with Crippen LogP contribution in [-0.4, -0.2) is 5.91 Å². The molecule has 0 atom stereocenters. The molecule has 0 saturated heterocycles. The first kappa shape index (κ1) is 11.1. The predicted octanol–water partition coefficient (Wildman–Crippen LogP) is 1.57. The zero-order chi connectivity index (χ0) is 12.3. The Hall–Kier alpha value is -2.43. The van der Waals surface area contributed by atoms with E-state index in [9.17, 15) is 4.79 Å². The van der Waals surface area contributed by atoms with Crippen LogP contribution in [0.5, 0.6) is 0 Å². The van der Waals surface area contributed by atoms with Gasteiger partial charge in [-0.15, -0.1) is 0 Å². The van der Waals surface area contributed by atoms with Crippen LogP contribution in [0.4, 0.5) is 11.4 Å². The van der Waals surface area contributed by atoms with Gasteiger partial charge < -0.3 is 21.2 Å². The van der Waals surface area contributed by atoms with Crippen LogP contribution in [0.2, 0.25) is 0 Å². The van der Waals surface area contributed by atoms with Crippen molar-refractivity contribution in [1.82, 2.24) is 0 Å². The lowest BCUT2D eigenvalue weighted by atomic mass is 10.1. The number of hydrogen-bond acceptors (Lipinski definition) is 4. The molecule has 0 fully saturated rings. The van der Waals surface area contributed by atoms with Gasteiger partial charge in [-0.2, -0.15) is 0 Å². The Morgan fingerprint density at radius 1 is 1.29 bits per heavy atom. The Kier molecular flexibility index (Phi) is 3.00. The molecule has 88 valence electrons. The molecule has 2 aromatic rings. The number of rotatable bonds is 4. The van der Waals surface area contributed by atoms with Gasteiger partial charge in [-0.05, 0) is 24.3 Å². The molecule has 0 aliphatic carbocycles. The van der Waals surface area contributed by atoms with Gasteiger partial charge in [-0.1, -0.05) is 6.07 Å². The summed E-state index contributed by atoms with van der Waals surface area (Å²) in [5.41, 5.74) is 12.4. The summed E-state index contributed by atoms with van der Waals surface area (Å²) in [6.07, 6.45) is 1.60. The van der Waals surface area contributed by atoms with Crippen molar-refractivity contribution >= 4 is 17.3 Å². The van der Waals surface area contributed by atoms with Gasteiger partial charge in [0.2, 0.25) is 0 Å². The molecule has 5 N–H and O–H groups in total. The van der Waals surface area contributed by atoms with E-state index >= 15 is 0 Å². The normalized spacial score (nSPS) is 10.1. The van der Waals surface area contributed by atoms with E-state index in [0.717, 1.165) is 5.76 Å². The van der Waals surface area contributed by atoms with Crippen molar-refractivity contribution in [2.75, 3.05) is 11.1 Å². The first-order valence-electron chi connectivity index (χ1n) is 5.13. The van der Waals surface area contributed by atoms with Gasteiger partial charge >= 0.3 is 0 Å². The van der Waals surface area contributed by atoms with Crippen molar-refractivity contribution in [1.29, 1.82) is 0 Å². The minimum atomic E-state index is -0.538. The van der Waals surface area contributed by atoms with E-state index in [0.29, 0.717) is 23.5 Å². The molecule has 0 spiro atoms. The van der Waals surface area contributed by atoms with Gasteiger partial charge in [-0.3, -0.25) is 4.79 Å². The maximum absolute atomic E-state index is 11.1. The molecule has 0 bridgehead atoms. The van der Waals surface area contributed by atoms with Crippen molar-refractivity contribution in [3.63, 3.8) is 0 Å². The third-order valence-electron chi connectivity index (χ3n) is 2.40. The van der Waals surface area contributed by atoms with Crippen LogP contribution in [0.25, 0.3) is 0 Å². The minimum Gasteiger partial charge on any atom is -0.467 e. The van der Waals surface area contributed by atoms with Crippen molar-refractivity contribution in [3.05, 3.63) is 47.9 Å². The molecule has 0 radical (unpaired) electrons. The highest BCUT2D eigenvalue weighted by molar-refractivity contribution is 6.00. The fourth-order valence-electron chi connectivity index (χ4n) is 1.53. The fraction of sp³-hybridized carbons (Fsp3) is 0.0833. The minimum absolute atomic E-state index is 0.314. The van der Waals surface area contributed by atoms with E-state index in [1.165, 1.54) is 0 Å². The predicted molar refractivity (Wildman–Crippen MR) is 65.4 cm³/mol. The van der Waals surface area contributed by atoms with Crippen LogP contribution in [-0.2, 0) is 6.54 Å². The number of furan rings is 1. The van der Waals surface area contributed by atoms with Crippen LogP contribution in [0.15, 0.2) is 41.0 Å². The molecule has 2 rings (SSSR count). The average Bonchev–Trinajstić information content (AvgIpc) is 2.80. The van der Waals surface area contributed by atoms with Crippen LogP contribution >= 0.6 is 0 Å². The highest BCUT2D eigenvalue weighted by Crippen LogP contribution is 2.22. The molecule has 0 aliphatic heterocycles. The smallest absolute Gasteiger partial charge is 0.250 e. The molecule has 1 aromatic carbocycles. The number of nitrogens with two attached hydrogens (primary N) is 2. The SMILES string of the molecule is NC(=O)c1cccc(NCc2ccco2)c1N. The molecule has 0 aliphatic rings. The number of amides is 1. The third kappa shape index (κ3) is 2.39. The molecule has 0 saturated carbocycles. The summed E-state index contributed by atoms with van der Waals surface area (Å²) in [5, 5.41) is 3.08. The number of para-hydroxylation sites is 1. The summed E-state index contributed by atoms with van der Waals surface area (Å²) in [6, 6.07) is 8.75. The van der Waals surface area contributed by atoms with E-state index < -0.39 is 5.91 Å². The fourth-order valence-corrected chi connectivity index (χ4v) is 1.53. The molecular formula is C12H13N3O2. The van der Waals surface area contributed by atoms with Crippen molar-refractivity contribution in [2.24, 2.45) is 5.73 Å². The number of benzene rings is 1. The first-order valence-corrected chi connectivity index (χ1v) is 5.13. The lowest BCUT2D eigenvalue weighted by Crippen LogP contribution is -2.14. The lowest BCUT2D eigenvalue weighted by molar-refractivity contribution is 0.100. The van der Waals surface area contributed by atoms with E-state index in [1.54, 1.807) is 30.5 Å². The lowest BCUT2D eigenvalue weighted by Gasteiger charge is -2.10. The first-order chi connectivity index (χ1) is 8.18. The number of anilines is 2. The second-order valence-electron chi connectivity index (χ2n) is 3.56. The van der Waals surface area contributed by atoms with Crippen molar-refractivity contribution < 1.29 is 9.21 Å². The average molecular weight is 231 g/mol. The number of carbonyl (C=O) groups excluding carboxylic acids is 1. The molecule has 1 aromatic heterocycles. The van der Waals surface area contributed by atoms with Crippen molar-refractivity contribution in [3.8, 4) is 0 Å². The molecule has 0 unspecified atom stereocenters. The summed E-state index contributed by atoms with van der Waals surface area (Å²) in [5.74, 6) is 0.248. The van der Waals surface area contributed by atoms with Crippen LogP contribution in [0.3, 0.4) is 0 Å². The third-order valence-corrected chi connectivity index (χ3v) is 2.40. The van der Waals surface area contributed by atoms with E-state index in [-0.39, 0.29) is 0 Å². The standard InChI is InChI=1S/C12H13N3O2/c13-11-9(12(14)16)4-1-5-10(11)15-7-8-3-2-6-17-8/h1-6,15H,7,13H2,(H2,14,16). The summed E-state index contributed by atoms with van der Waals surface area (Å²) in [7, 11) is 0. The maximum Gasteiger partial charge on any atom is 0.250 e. The highest BCUT2D eigenvalue weighted by Gasteiger charge is 2.09. The van der Waals surface area contributed by atoms with Gasteiger partial charge in [0, 0.05) is 0 Å². The van der Waals surface area contributed by atoms with Crippen LogP contribution < -0.4 is 16.8 Å². The van der Waals surface area contributed by atoms with E-state index in [2.05, 4.69) is 5.32 Å². The number of nitrogen functional groups attached to an aromatic ring is 1. The summed E-state index contributed by atoms with van der Waals surface area (Å²) in [4.78, 5) is 11.1. The van der Waals surface area contributed by atoms with Gasteiger partial charge in [0.25, 0.3) is 5.91 Å². The zero-order valence-corrected chi connectivity index (χ0v) is 9.14. The molecule has 1 heterocycles. The number of hydrogen-bond donors (Lipinski definition) is 3. The number of carbonyl (C=O) groups is 1. The largest absolute Gasteiger partial charge is 0.467 e. The Balaban J connectivity index is 2.16. The monoisotopic (exact) mass is 231 g/mol. The Morgan fingerprint density at radius 3 is 2.76 bits per heavy atom. The second kappa shape index (κ2) is 4.61.